The maximum absolute atomic E-state index is 4.70. The number of hydrogen-bond acceptors (Lipinski definition) is 4. The summed E-state index contributed by atoms with van der Waals surface area (Å²) in [4.78, 5) is 9.26. The molecule has 1 aliphatic carbocycles. The molecule has 1 saturated carbocycles. The topological polar surface area (TPSA) is 49.8 Å². The first-order chi connectivity index (χ1) is 11.5. The second kappa shape index (κ2) is 7.20. The summed E-state index contributed by atoms with van der Waals surface area (Å²) in [5.41, 5.74) is 4.70. The quantitative estimate of drug-likeness (QED) is 0.782. The summed E-state index contributed by atoms with van der Waals surface area (Å²) in [5, 5.41) is 7.03. The highest BCUT2D eigenvalue weighted by Crippen LogP contribution is 2.30. The van der Waals surface area contributed by atoms with Crippen LogP contribution in [-0.2, 0) is 0 Å². The molecule has 1 aliphatic rings. The minimum atomic E-state index is 0.464. The number of nitrogens with zero attached hydrogens (tertiary/aromatic N) is 2. The first-order valence-electron chi connectivity index (χ1n) is 9.01. The smallest absolute Gasteiger partial charge is 0.225 e. The predicted molar refractivity (Wildman–Crippen MR) is 101 cm³/mol. The number of aryl methyl sites for hydroxylation is 2. The number of hydrogen-bond donors (Lipinski definition) is 2. The Hall–Kier alpha value is -2.10. The number of nitrogens with one attached hydrogen (secondary N) is 2. The fourth-order valence-electron chi connectivity index (χ4n) is 3.42. The first kappa shape index (κ1) is 16.7. The molecule has 0 aliphatic heterocycles. The Morgan fingerprint density at radius 3 is 2.54 bits per heavy atom. The molecule has 1 fully saturated rings. The van der Waals surface area contributed by atoms with Crippen LogP contribution in [0.15, 0.2) is 24.3 Å². The lowest BCUT2D eigenvalue weighted by atomic mass is 9.98. The zero-order valence-electron chi connectivity index (χ0n) is 15.2. The molecule has 1 aromatic carbocycles. The summed E-state index contributed by atoms with van der Waals surface area (Å²) in [7, 11) is 0. The van der Waals surface area contributed by atoms with Crippen molar-refractivity contribution < 1.29 is 0 Å². The molecule has 2 N–H and O–H groups in total. The third-order valence-electron chi connectivity index (χ3n) is 4.72. The van der Waals surface area contributed by atoms with E-state index in [-0.39, 0.29) is 0 Å². The van der Waals surface area contributed by atoms with Gasteiger partial charge >= 0.3 is 0 Å². The average molecular weight is 324 g/mol. The summed E-state index contributed by atoms with van der Waals surface area (Å²) < 4.78 is 0. The minimum Gasteiger partial charge on any atom is -0.351 e. The molecular formula is C20H28N4. The van der Waals surface area contributed by atoms with Crippen LogP contribution < -0.4 is 10.6 Å². The van der Waals surface area contributed by atoms with Crippen LogP contribution in [0.1, 0.15) is 62.3 Å². The van der Waals surface area contributed by atoms with Crippen LogP contribution in [0, 0.1) is 13.8 Å². The Morgan fingerprint density at radius 2 is 1.83 bits per heavy atom. The van der Waals surface area contributed by atoms with E-state index in [4.69, 9.17) is 4.98 Å². The third kappa shape index (κ3) is 3.86. The van der Waals surface area contributed by atoms with E-state index in [2.05, 4.69) is 54.6 Å². The van der Waals surface area contributed by atoms with E-state index in [0.717, 1.165) is 23.1 Å². The molecule has 24 heavy (non-hydrogen) atoms. The highest BCUT2D eigenvalue weighted by atomic mass is 15.2. The largest absolute Gasteiger partial charge is 0.351 e. The van der Waals surface area contributed by atoms with E-state index in [1.165, 1.54) is 36.8 Å². The highest BCUT2D eigenvalue weighted by Gasteiger charge is 2.16. The zero-order chi connectivity index (χ0) is 17.1. The maximum atomic E-state index is 4.70. The van der Waals surface area contributed by atoms with E-state index in [9.17, 15) is 0 Å². The Morgan fingerprint density at radius 1 is 1.08 bits per heavy atom. The monoisotopic (exact) mass is 324 g/mol. The van der Waals surface area contributed by atoms with Gasteiger partial charge in [-0.05, 0) is 43.7 Å². The van der Waals surface area contributed by atoms with Crippen LogP contribution in [0.4, 0.5) is 17.5 Å². The van der Waals surface area contributed by atoms with E-state index in [1.807, 2.05) is 13.0 Å². The minimum absolute atomic E-state index is 0.464. The summed E-state index contributed by atoms with van der Waals surface area (Å²) in [6, 6.07) is 8.97. The lowest BCUT2D eigenvalue weighted by molar-refractivity contribution is 0.743. The lowest BCUT2D eigenvalue weighted by Gasteiger charge is -2.18. The molecule has 4 heteroatoms. The molecule has 128 valence electrons. The normalized spacial score (nSPS) is 15.0. The zero-order valence-corrected chi connectivity index (χ0v) is 15.2. The summed E-state index contributed by atoms with van der Waals surface area (Å²) >= 11 is 0. The molecule has 0 amide bonds. The maximum Gasteiger partial charge on any atom is 0.225 e. The summed E-state index contributed by atoms with van der Waals surface area (Å²) in [5.74, 6) is 2.06. The Balaban J connectivity index is 1.86. The Kier molecular flexibility index (Phi) is 5.03. The van der Waals surface area contributed by atoms with Crippen molar-refractivity contribution in [3.8, 4) is 0 Å². The molecule has 0 radical (unpaired) electrons. The van der Waals surface area contributed by atoms with Crippen molar-refractivity contribution >= 4 is 17.5 Å². The molecule has 0 bridgehead atoms. The summed E-state index contributed by atoms with van der Waals surface area (Å²) in [6.45, 7) is 8.60. The molecule has 0 saturated heterocycles. The SMILES string of the molecule is Cc1cc(Nc2c(C)cccc2C(C)C)nc(NC2CCCC2)n1. The number of rotatable bonds is 5. The van der Waals surface area contributed by atoms with Gasteiger partial charge in [0, 0.05) is 23.5 Å². The summed E-state index contributed by atoms with van der Waals surface area (Å²) in [6.07, 6.45) is 5.04. The molecule has 4 nitrogen and oxygen atoms in total. The lowest BCUT2D eigenvalue weighted by Crippen LogP contribution is -2.17. The van der Waals surface area contributed by atoms with Crippen LogP contribution >= 0.6 is 0 Å². The third-order valence-corrected chi connectivity index (χ3v) is 4.72. The van der Waals surface area contributed by atoms with Gasteiger partial charge in [-0.25, -0.2) is 4.98 Å². The number of benzene rings is 1. The van der Waals surface area contributed by atoms with Gasteiger partial charge in [0.25, 0.3) is 0 Å². The van der Waals surface area contributed by atoms with Crippen LogP contribution in [0.25, 0.3) is 0 Å². The van der Waals surface area contributed by atoms with Gasteiger partial charge in [-0.15, -0.1) is 0 Å². The van der Waals surface area contributed by atoms with Crippen LogP contribution in [-0.4, -0.2) is 16.0 Å². The average Bonchev–Trinajstić information content (AvgIpc) is 3.01. The first-order valence-corrected chi connectivity index (χ1v) is 9.01. The van der Waals surface area contributed by atoms with Gasteiger partial charge in [0.05, 0.1) is 0 Å². The Bertz CT molecular complexity index is 703. The van der Waals surface area contributed by atoms with Crippen molar-refractivity contribution in [2.24, 2.45) is 0 Å². The van der Waals surface area contributed by atoms with E-state index in [0.29, 0.717) is 12.0 Å². The molecule has 3 rings (SSSR count). The van der Waals surface area contributed by atoms with Gasteiger partial charge in [0.15, 0.2) is 0 Å². The van der Waals surface area contributed by atoms with Crippen molar-refractivity contribution in [3.05, 3.63) is 41.1 Å². The fourth-order valence-corrected chi connectivity index (χ4v) is 3.42. The molecule has 0 atom stereocenters. The molecule has 1 heterocycles. The van der Waals surface area contributed by atoms with E-state index in [1.54, 1.807) is 0 Å². The van der Waals surface area contributed by atoms with Crippen molar-refractivity contribution in [2.75, 3.05) is 10.6 Å². The van der Waals surface area contributed by atoms with E-state index < -0.39 is 0 Å². The van der Waals surface area contributed by atoms with Gasteiger partial charge in [-0.2, -0.15) is 4.98 Å². The molecule has 0 unspecified atom stereocenters. The molecule has 2 aromatic rings. The Labute approximate surface area is 145 Å². The standard InChI is InChI=1S/C20H28N4/c1-13(2)17-11-7-8-14(3)19(17)23-18-12-15(4)21-20(24-18)22-16-9-5-6-10-16/h7-8,11-13,16H,5-6,9-10H2,1-4H3,(H2,21,22,23,24). The molecular weight excluding hydrogens is 296 g/mol. The van der Waals surface area contributed by atoms with Crippen molar-refractivity contribution in [1.82, 2.24) is 9.97 Å². The van der Waals surface area contributed by atoms with Gasteiger partial charge < -0.3 is 10.6 Å². The fraction of sp³-hybridized carbons (Fsp3) is 0.500. The van der Waals surface area contributed by atoms with Crippen LogP contribution in [0.5, 0.6) is 0 Å². The highest BCUT2D eigenvalue weighted by molar-refractivity contribution is 5.66. The van der Waals surface area contributed by atoms with E-state index >= 15 is 0 Å². The van der Waals surface area contributed by atoms with Gasteiger partial charge in [0.1, 0.15) is 5.82 Å². The van der Waals surface area contributed by atoms with Gasteiger partial charge in [-0.1, -0.05) is 44.9 Å². The second-order valence-electron chi connectivity index (χ2n) is 7.16. The molecule has 1 aromatic heterocycles. The number of anilines is 3. The molecule has 0 spiro atoms. The van der Waals surface area contributed by atoms with Gasteiger partial charge in [0.2, 0.25) is 5.95 Å². The van der Waals surface area contributed by atoms with Crippen molar-refractivity contribution in [2.45, 2.75) is 65.3 Å². The van der Waals surface area contributed by atoms with Crippen molar-refractivity contribution in [1.29, 1.82) is 0 Å². The van der Waals surface area contributed by atoms with Crippen molar-refractivity contribution in [3.63, 3.8) is 0 Å². The van der Waals surface area contributed by atoms with Crippen LogP contribution in [0.2, 0.25) is 0 Å². The predicted octanol–water partition coefficient (Wildman–Crippen LogP) is 5.31. The second-order valence-corrected chi connectivity index (χ2v) is 7.16. The van der Waals surface area contributed by atoms with Crippen LogP contribution in [0.3, 0.4) is 0 Å². The number of para-hydroxylation sites is 1. The number of aromatic nitrogens is 2. The van der Waals surface area contributed by atoms with Gasteiger partial charge in [-0.3, -0.25) is 0 Å².